The van der Waals surface area contributed by atoms with Gasteiger partial charge in [-0.15, -0.1) is 0 Å². The molecule has 3 saturated carbocycles. The first-order valence-electron chi connectivity index (χ1n) is 10.8. The van der Waals surface area contributed by atoms with E-state index in [9.17, 15) is 19.5 Å². The number of fused-ring (bicyclic) bond motifs is 5. The average molecular weight is 453 g/mol. The van der Waals surface area contributed by atoms with E-state index in [0.717, 1.165) is 18.4 Å². The van der Waals surface area contributed by atoms with Gasteiger partial charge in [0.2, 0.25) is 5.60 Å². The zero-order chi connectivity index (χ0) is 22.6. The van der Waals surface area contributed by atoms with Gasteiger partial charge in [0.1, 0.15) is 0 Å². The number of aliphatic hydroxyl groups excluding tert-OH is 1. The molecule has 7 nitrogen and oxygen atoms in total. The number of ketones is 1. The number of halogens is 1. The van der Waals surface area contributed by atoms with Gasteiger partial charge in [-0.05, 0) is 56.1 Å². The fraction of sp³-hybridized carbons (Fsp3) is 0.696. The van der Waals surface area contributed by atoms with Crippen LogP contribution in [0.15, 0.2) is 23.8 Å². The van der Waals surface area contributed by atoms with Crippen LogP contribution in [0.5, 0.6) is 0 Å². The van der Waals surface area contributed by atoms with Crippen molar-refractivity contribution in [3.05, 3.63) is 23.8 Å². The molecule has 0 aromatic rings. The van der Waals surface area contributed by atoms with E-state index in [2.05, 4.69) is 6.92 Å². The van der Waals surface area contributed by atoms with E-state index < -0.39 is 34.7 Å². The first-order valence-corrected chi connectivity index (χ1v) is 11.3. The normalized spacial score (nSPS) is 43.3. The minimum absolute atomic E-state index is 0.0174. The van der Waals surface area contributed by atoms with Crippen molar-refractivity contribution in [2.75, 3.05) is 13.2 Å². The Hall–Kier alpha value is -1.86. The topological polar surface area (TPSA) is 99.1 Å². The highest BCUT2D eigenvalue weighted by atomic mass is 35.5. The maximum absolute atomic E-state index is 13.1. The van der Waals surface area contributed by atoms with Crippen LogP contribution >= 0.6 is 11.6 Å². The predicted octanol–water partition coefficient (Wildman–Crippen LogP) is 3.53. The van der Waals surface area contributed by atoms with Gasteiger partial charge in [-0.2, -0.15) is 0 Å². The Bertz CT molecular complexity index is 866. The molecule has 4 aliphatic rings. The van der Waals surface area contributed by atoms with E-state index in [-0.39, 0.29) is 42.4 Å². The smallest absolute Gasteiger partial charge is 0.446 e. The van der Waals surface area contributed by atoms with Gasteiger partial charge < -0.3 is 19.3 Å². The molecule has 0 saturated heterocycles. The average Bonchev–Trinajstić information content (AvgIpc) is 3.01. The second kappa shape index (κ2) is 7.62. The number of alkyl halides is 1. The van der Waals surface area contributed by atoms with Crippen LogP contribution in [0.4, 0.5) is 4.79 Å². The number of hydrogen-bond donors (Lipinski definition) is 1. The molecule has 0 aliphatic heterocycles. The lowest BCUT2D eigenvalue weighted by atomic mass is 9.46. The Morgan fingerprint density at radius 3 is 2.71 bits per heavy atom. The lowest BCUT2D eigenvalue weighted by Crippen LogP contribution is -2.62. The van der Waals surface area contributed by atoms with Crippen LogP contribution in [-0.2, 0) is 23.8 Å². The molecular formula is C23H29ClO7. The number of ether oxygens (including phenoxy) is 3. The van der Waals surface area contributed by atoms with E-state index in [4.69, 9.17) is 25.8 Å². The van der Waals surface area contributed by atoms with Crippen molar-refractivity contribution in [2.45, 2.75) is 57.7 Å². The summed E-state index contributed by atoms with van der Waals surface area (Å²) in [6, 6.07) is -0.356. The molecule has 1 N–H and O–H groups in total. The van der Waals surface area contributed by atoms with Crippen molar-refractivity contribution in [3.63, 3.8) is 0 Å². The Balaban J connectivity index is 1.75. The van der Waals surface area contributed by atoms with Gasteiger partial charge in [0.15, 0.2) is 11.8 Å². The largest absolute Gasteiger partial charge is 0.509 e. The van der Waals surface area contributed by atoms with E-state index in [1.807, 2.05) is 13.0 Å². The van der Waals surface area contributed by atoms with Gasteiger partial charge in [0, 0.05) is 16.7 Å². The first-order chi connectivity index (χ1) is 14.6. The van der Waals surface area contributed by atoms with E-state index >= 15 is 0 Å². The molecule has 8 heteroatoms. The van der Waals surface area contributed by atoms with Gasteiger partial charge in [0.25, 0.3) is 0 Å². The number of hydrogen-bond acceptors (Lipinski definition) is 7. The summed E-state index contributed by atoms with van der Waals surface area (Å²) < 4.78 is 15.5. The zero-order valence-corrected chi connectivity index (χ0v) is 18.8. The van der Waals surface area contributed by atoms with E-state index in [0.29, 0.717) is 6.42 Å². The van der Waals surface area contributed by atoms with Crippen molar-refractivity contribution in [2.24, 2.45) is 28.6 Å². The number of allylic oxidation sites excluding steroid dienone is 4. The van der Waals surface area contributed by atoms with Gasteiger partial charge in [-0.1, -0.05) is 37.1 Å². The highest BCUT2D eigenvalue weighted by Crippen LogP contribution is 2.68. The number of carbonyl (C=O) groups is 3. The number of esters is 1. The Morgan fingerprint density at radius 1 is 1.29 bits per heavy atom. The molecular weight excluding hydrogens is 424 g/mol. The third kappa shape index (κ3) is 3.07. The fourth-order valence-electron chi connectivity index (χ4n) is 7.21. The summed E-state index contributed by atoms with van der Waals surface area (Å²) in [6.07, 6.45) is 6.25. The summed E-state index contributed by atoms with van der Waals surface area (Å²) in [5, 5.41) is 11.4. The first kappa shape index (κ1) is 22.3. The Morgan fingerprint density at radius 2 is 2.03 bits per heavy atom. The van der Waals surface area contributed by atoms with Crippen molar-refractivity contribution < 1.29 is 33.7 Å². The standard InChI is InChI=1S/C23H29ClO7/c1-21-8-6-14(25)10-13(21)4-5-15-16-7-9-23(19(27)30-12-24,31-20(28)29-3)22(16,2)11-17(26)18(15)21/h6,8,10,15-18,26H,4-5,7,9,11-12H2,1-3H3/t15?,16?,17?,18?,21?,22?,23-/m0/s1. The summed E-state index contributed by atoms with van der Waals surface area (Å²) in [5.74, 6) is -0.683. The molecule has 3 fully saturated rings. The lowest BCUT2D eigenvalue weighted by molar-refractivity contribution is -0.199. The summed E-state index contributed by atoms with van der Waals surface area (Å²) >= 11 is 5.67. The molecule has 6 unspecified atom stereocenters. The van der Waals surface area contributed by atoms with Gasteiger partial charge in [-0.25, -0.2) is 9.59 Å². The van der Waals surface area contributed by atoms with Crippen LogP contribution in [-0.4, -0.2) is 47.9 Å². The lowest BCUT2D eigenvalue weighted by Gasteiger charge is -2.59. The van der Waals surface area contributed by atoms with Crippen molar-refractivity contribution in [1.29, 1.82) is 0 Å². The van der Waals surface area contributed by atoms with Crippen LogP contribution < -0.4 is 0 Å². The van der Waals surface area contributed by atoms with Crippen molar-refractivity contribution >= 4 is 29.5 Å². The Labute approximate surface area is 186 Å². The van der Waals surface area contributed by atoms with Crippen molar-refractivity contribution in [1.82, 2.24) is 0 Å². The van der Waals surface area contributed by atoms with Gasteiger partial charge in [-0.3, -0.25) is 4.79 Å². The Kier molecular flexibility index (Phi) is 5.49. The molecule has 7 atom stereocenters. The third-order valence-electron chi connectivity index (χ3n) is 8.56. The number of carbonyl (C=O) groups excluding carboxylic acids is 3. The second-order valence-electron chi connectivity index (χ2n) is 9.67. The number of aliphatic hydroxyl groups is 1. The molecule has 0 aromatic heterocycles. The minimum atomic E-state index is -1.57. The molecule has 31 heavy (non-hydrogen) atoms. The fourth-order valence-corrected chi connectivity index (χ4v) is 7.31. The quantitative estimate of drug-likeness (QED) is 0.516. The monoisotopic (exact) mass is 452 g/mol. The SMILES string of the molecule is COC(=O)O[C@]1(C(=O)OCCl)CCC2C3CCC4=CC(=O)C=CC4(C)C3C(O)CC21C. The molecule has 0 aromatic carbocycles. The second-order valence-corrected chi connectivity index (χ2v) is 9.89. The van der Waals surface area contributed by atoms with E-state index in [1.165, 1.54) is 7.11 Å². The molecule has 0 bridgehead atoms. The summed E-state index contributed by atoms with van der Waals surface area (Å²) in [5.41, 5.74) is -1.76. The molecule has 0 radical (unpaired) electrons. The minimum Gasteiger partial charge on any atom is -0.446 e. The molecule has 4 rings (SSSR count). The predicted molar refractivity (Wildman–Crippen MR) is 111 cm³/mol. The third-order valence-corrected chi connectivity index (χ3v) is 8.66. The molecule has 0 spiro atoms. The van der Waals surface area contributed by atoms with E-state index in [1.54, 1.807) is 12.2 Å². The maximum atomic E-state index is 13.1. The number of methoxy groups -OCH3 is 1. The number of rotatable bonds is 3. The zero-order valence-electron chi connectivity index (χ0n) is 18.1. The highest BCUT2D eigenvalue weighted by Gasteiger charge is 2.71. The summed E-state index contributed by atoms with van der Waals surface area (Å²) in [7, 11) is 1.19. The molecule has 170 valence electrons. The van der Waals surface area contributed by atoms with Gasteiger partial charge >= 0.3 is 12.1 Å². The van der Waals surface area contributed by atoms with Crippen LogP contribution in [0.1, 0.15) is 46.0 Å². The summed E-state index contributed by atoms with van der Waals surface area (Å²) in [4.78, 5) is 37.2. The van der Waals surface area contributed by atoms with Gasteiger partial charge in [0.05, 0.1) is 13.2 Å². The van der Waals surface area contributed by atoms with Crippen LogP contribution in [0.25, 0.3) is 0 Å². The molecule has 0 amide bonds. The highest BCUT2D eigenvalue weighted by molar-refractivity contribution is 6.17. The summed E-state index contributed by atoms with van der Waals surface area (Å²) in [6.45, 7) is 3.98. The van der Waals surface area contributed by atoms with Crippen LogP contribution in [0, 0.1) is 28.6 Å². The van der Waals surface area contributed by atoms with Crippen molar-refractivity contribution in [3.8, 4) is 0 Å². The molecule has 4 aliphatic carbocycles. The van der Waals surface area contributed by atoms with Crippen LogP contribution in [0.2, 0.25) is 0 Å². The maximum Gasteiger partial charge on any atom is 0.509 e. The van der Waals surface area contributed by atoms with Crippen LogP contribution in [0.3, 0.4) is 0 Å². The molecule has 0 heterocycles.